The fourth-order valence-corrected chi connectivity index (χ4v) is 1.61. The largest absolute Gasteiger partial charge is 0.354 e. The molecule has 5 nitrogen and oxygen atoms in total. The molecule has 1 heterocycles. The summed E-state index contributed by atoms with van der Waals surface area (Å²) in [6, 6.07) is 0. The second kappa shape index (κ2) is 6.54. The van der Waals surface area contributed by atoms with Gasteiger partial charge in [-0.15, -0.1) is 0 Å². The first-order chi connectivity index (χ1) is 8.41. The number of nitrogens with one attached hydrogen (secondary N) is 2. The molecule has 1 rings (SSSR count). The highest BCUT2D eigenvalue weighted by Gasteiger charge is 2.20. The Kier molecular flexibility index (Phi) is 5.34. The molecule has 102 valence electrons. The lowest BCUT2D eigenvalue weighted by molar-refractivity contribution is -0.132. The molecule has 1 fully saturated rings. The first-order valence-corrected chi connectivity index (χ1v) is 6.33. The zero-order valence-corrected chi connectivity index (χ0v) is 11.7. The van der Waals surface area contributed by atoms with Gasteiger partial charge in [0.1, 0.15) is 0 Å². The number of carbonyl (C=O) groups is 2. The Hall–Kier alpha value is -1.36. The van der Waals surface area contributed by atoms with E-state index in [1.807, 2.05) is 20.8 Å². The maximum Gasteiger partial charge on any atom is 0.249 e. The summed E-state index contributed by atoms with van der Waals surface area (Å²) in [6.07, 6.45) is 0. The van der Waals surface area contributed by atoms with Crippen molar-refractivity contribution in [3.63, 3.8) is 0 Å². The van der Waals surface area contributed by atoms with E-state index >= 15 is 0 Å². The molecule has 0 bridgehead atoms. The number of hydrogen-bond acceptors (Lipinski definition) is 3. The van der Waals surface area contributed by atoms with Crippen molar-refractivity contribution in [2.75, 3.05) is 33.2 Å². The molecule has 2 amide bonds. The average Bonchev–Trinajstić information content (AvgIpc) is 2.22. The van der Waals surface area contributed by atoms with Crippen LogP contribution in [0, 0.1) is 5.92 Å². The van der Waals surface area contributed by atoms with Crippen LogP contribution in [-0.2, 0) is 9.59 Å². The maximum absolute atomic E-state index is 12.0. The zero-order chi connectivity index (χ0) is 13.7. The molecular weight excluding hydrogens is 230 g/mol. The van der Waals surface area contributed by atoms with Crippen LogP contribution >= 0.6 is 0 Å². The van der Waals surface area contributed by atoms with Gasteiger partial charge >= 0.3 is 0 Å². The lowest BCUT2D eigenvalue weighted by Gasteiger charge is -2.24. The highest BCUT2D eigenvalue weighted by molar-refractivity contribution is 5.96. The number of likely N-dealkylation sites (N-methyl/N-ethyl adjacent to an activating group) is 1. The van der Waals surface area contributed by atoms with Crippen LogP contribution in [0.15, 0.2) is 11.1 Å². The van der Waals surface area contributed by atoms with Crippen molar-refractivity contribution in [2.24, 2.45) is 5.92 Å². The van der Waals surface area contributed by atoms with Crippen LogP contribution in [0.3, 0.4) is 0 Å². The molecular formula is C13H23N3O2. The Bertz CT molecular complexity index is 355. The van der Waals surface area contributed by atoms with E-state index in [4.69, 9.17) is 0 Å². The molecule has 5 heteroatoms. The SMILES string of the molecule is CC(C(=O)N(C)CC(=O)NCC(C)C)=C1CNC1. The molecule has 0 radical (unpaired) electrons. The van der Waals surface area contributed by atoms with Crippen molar-refractivity contribution in [1.82, 2.24) is 15.5 Å². The van der Waals surface area contributed by atoms with Crippen LogP contribution in [0.1, 0.15) is 20.8 Å². The molecule has 0 spiro atoms. The van der Waals surface area contributed by atoms with Gasteiger partial charge < -0.3 is 15.5 Å². The van der Waals surface area contributed by atoms with Gasteiger partial charge in [0.15, 0.2) is 0 Å². The molecule has 0 aromatic heterocycles. The summed E-state index contributed by atoms with van der Waals surface area (Å²) >= 11 is 0. The number of amides is 2. The fourth-order valence-electron chi connectivity index (χ4n) is 1.61. The van der Waals surface area contributed by atoms with Gasteiger partial charge in [-0.25, -0.2) is 0 Å². The van der Waals surface area contributed by atoms with Gasteiger partial charge in [0, 0.05) is 32.3 Å². The van der Waals surface area contributed by atoms with Crippen molar-refractivity contribution in [1.29, 1.82) is 0 Å². The topological polar surface area (TPSA) is 61.4 Å². The summed E-state index contributed by atoms with van der Waals surface area (Å²) < 4.78 is 0. The number of nitrogens with zero attached hydrogens (tertiary/aromatic N) is 1. The Morgan fingerprint density at radius 3 is 2.44 bits per heavy atom. The normalized spacial score (nSPS) is 14.2. The molecule has 2 N–H and O–H groups in total. The minimum atomic E-state index is -0.107. The lowest BCUT2D eigenvalue weighted by atomic mass is 10.0. The van der Waals surface area contributed by atoms with E-state index in [9.17, 15) is 9.59 Å². The van der Waals surface area contributed by atoms with E-state index in [1.165, 1.54) is 4.90 Å². The first kappa shape index (κ1) is 14.7. The van der Waals surface area contributed by atoms with Crippen LogP contribution < -0.4 is 10.6 Å². The second-order valence-electron chi connectivity index (χ2n) is 5.19. The summed E-state index contributed by atoms with van der Waals surface area (Å²) in [5.74, 6) is 0.246. The van der Waals surface area contributed by atoms with E-state index in [1.54, 1.807) is 7.05 Å². The summed E-state index contributed by atoms with van der Waals surface area (Å²) in [5, 5.41) is 5.90. The lowest BCUT2D eigenvalue weighted by Crippen LogP contribution is -2.42. The highest BCUT2D eigenvalue weighted by atomic mass is 16.2. The van der Waals surface area contributed by atoms with E-state index < -0.39 is 0 Å². The molecule has 1 aliphatic rings. The molecule has 1 aliphatic heterocycles. The van der Waals surface area contributed by atoms with E-state index in [2.05, 4.69) is 10.6 Å². The zero-order valence-electron chi connectivity index (χ0n) is 11.7. The molecule has 0 atom stereocenters. The van der Waals surface area contributed by atoms with Crippen LogP contribution in [-0.4, -0.2) is 49.9 Å². The molecule has 0 aliphatic carbocycles. The molecule has 1 saturated heterocycles. The molecule has 18 heavy (non-hydrogen) atoms. The number of hydrogen-bond donors (Lipinski definition) is 2. The fraction of sp³-hybridized carbons (Fsp3) is 0.692. The Labute approximate surface area is 109 Å². The van der Waals surface area contributed by atoms with Crippen molar-refractivity contribution < 1.29 is 9.59 Å². The van der Waals surface area contributed by atoms with Crippen LogP contribution in [0.5, 0.6) is 0 Å². The third-order valence-electron chi connectivity index (χ3n) is 2.96. The van der Waals surface area contributed by atoms with Gasteiger partial charge in [-0.05, 0) is 18.4 Å². The molecule has 0 saturated carbocycles. The minimum Gasteiger partial charge on any atom is -0.354 e. The van der Waals surface area contributed by atoms with Gasteiger partial charge in [-0.3, -0.25) is 9.59 Å². The van der Waals surface area contributed by atoms with Gasteiger partial charge in [-0.2, -0.15) is 0 Å². The van der Waals surface area contributed by atoms with E-state index in [0.29, 0.717) is 12.5 Å². The predicted molar refractivity (Wildman–Crippen MR) is 71.1 cm³/mol. The summed E-state index contributed by atoms with van der Waals surface area (Å²) in [7, 11) is 1.66. The van der Waals surface area contributed by atoms with Gasteiger partial charge in [0.25, 0.3) is 0 Å². The van der Waals surface area contributed by atoms with E-state index in [0.717, 1.165) is 24.2 Å². The number of rotatable bonds is 5. The van der Waals surface area contributed by atoms with Gasteiger partial charge in [-0.1, -0.05) is 13.8 Å². The Morgan fingerprint density at radius 2 is 2.00 bits per heavy atom. The second-order valence-corrected chi connectivity index (χ2v) is 5.19. The Morgan fingerprint density at radius 1 is 1.39 bits per heavy atom. The Balaban J connectivity index is 2.42. The highest BCUT2D eigenvalue weighted by Crippen LogP contribution is 2.10. The standard InChI is InChI=1S/C13H23N3O2/c1-9(2)5-15-12(17)8-16(4)13(18)10(3)11-6-14-7-11/h9,14H,5-8H2,1-4H3,(H,15,17). The van der Waals surface area contributed by atoms with E-state index in [-0.39, 0.29) is 18.4 Å². The minimum absolute atomic E-state index is 0.0637. The quantitative estimate of drug-likeness (QED) is 0.685. The maximum atomic E-state index is 12.0. The van der Waals surface area contributed by atoms with Crippen molar-refractivity contribution in [2.45, 2.75) is 20.8 Å². The van der Waals surface area contributed by atoms with Gasteiger partial charge in [0.05, 0.1) is 6.54 Å². The van der Waals surface area contributed by atoms with Gasteiger partial charge in [0.2, 0.25) is 11.8 Å². The van der Waals surface area contributed by atoms with Crippen LogP contribution in [0.4, 0.5) is 0 Å². The first-order valence-electron chi connectivity index (χ1n) is 6.33. The number of carbonyl (C=O) groups excluding carboxylic acids is 2. The van der Waals surface area contributed by atoms with Crippen LogP contribution in [0.2, 0.25) is 0 Å². The third-order valence-corrected chi connectivity index (χ3v) is 2.96. The van der Waals surface area contributed by atoms with Crippen molar-refractivity contribution in [3.8, 4) is 0 Å². The predicted octanol–water partition coefficient (Wildman–Crippen LogP) is 0.137. The van der Waals surface area contributed by atoms with Crippen molar-refractivity contribution in [3.05, 3.63) is 11.1 Å². The van der Waals surface area contributed by atoms with Crippen LogP contribution in [0.25, 0.3) is 0 Å². The summed E-state index contributed by atoms with van der Waals surface area (Å²) in [5.41, 5.74) is 1.89. The van der Waals surface area contributed by atoms with Crippen molar-refractivity contribution >= 4 is 11.8 Å². The summed E-state index contributed by atoms with van der Waals surface area (Å²) in [4.78, 5) is 25.1. The smallest absolute Gasteiger partial charge is 0.249 e. The molecule has 0 aromatic rings. The molecule has 0 unspecified atom stereocenters. The molecule has 0 aromatic carbocycles. The monoisotopic (exact) mass is 253 g/mol. The average molecular weight is 253 g/mol. The summed E-state index contributed by atoms with van der Waals surface area (Å²) in [6.45, 7) is 8.21. The third kappa shape index (κ3) is 4.14.